The van der Waals surface area contributed by atoms with Gasteiger partial charge in [0.25, 0.3) is 5.91 Å². The molecular weight excluding hydrogens is 466 g/mol. The van der Waals surface area contributed by atoms with Crippen molar-refractivity contribution in [1.29, 1.82) is 0 Å². The molecule has 8 heteroatoms. The van der Waals surface area contributed by atoms with E-state index in [2.05, 4.69) is 29.4 Å². The number of nitrogens with one attached hydrogen (secondary N) is 1. The van der Waals surface area contributed by atoms with Crippen LogP contribution < -0.4 is 5.32 Å². The Morgan fingerprint density at radius 3 is 2.12 bits per heavy atom. The van der Waals surface area contributed by atoms with E-state index in [-0.39, 0.29) is 10.8 Å². The lowest BCUT2D eigenvalue weighted by atomic mass is 10.1. The van der Waals surface area contributed by atoms with E-state index in [9.17, 15) is 13.2 Å². The van der Waals surface area contributed by atoms with Crippen LogP contribution in [0.15, 0.2) is 58.8 Å². The molecule has 1 N–H and O–H groups in total. The van der Waals surface area contributed by atoms with Gasteiger partial charge in [-0.05, 0) is 49.1 Å². The molecule has 0 saturated heterocycles. The summed E-state index contributed by atoms with van der Waals surface area (Å²) < 4.78 is 27.8. The van der Waals surface area contributed by atoms with Crippen LogP contribution in [0.4, 0.5) is 5.13 Å². The molecular formula is C26H33N3O3S2. The van der Waals surface area contributed by atoms with E-state index in [1.54, 1.807) is 16.4 Å². The fraction of sp³-hybridized carbons (Fsp3) is 0.385. The Hall–Kier alpha value is -2.55. The number of anilines is 1. The number of nitrogens with zero attached hydrogens (tertiary/aromatic N) is 2. The second-order valence-electron chi connectivity index (χ2n) is 8.18. The number of carbonyl (C=O) groups excluding carboxylic acids is 1. The molecule has 1 amide bonds. The Morgan fingerprint density at radius 2 is 1.56 bits per heavy atom. The van der Waals surface area contributed by atoms with E-state index in [4.69, 9.17) is 0 Å². The van der Waals surface area contributed by atoms with Gasteiger partial charge in [-0.2, -0.15) is 4.31 Å². The van der Waals surface area contributed by atoms with E-state index in [1.165, 1.54) is 29.0 Å². The average molecular weight is 500 g/mol. The van der Waals surface area contributed by atoms with Crippen molar-refractivity contribution in [2.24, 2.45) is 0 Å². The largest absolute Gasteiger partial charge is 0.298 e. The number of hydrogen-bond donors (Lipinski definition) is 1. The minimum Gasteiger partial charge on any atom is -0.298 e. The lowest BCUT2D eigenvalue weighted by molar-refractivity contribution is 0.102. The van der Waals surface area contributed by atoms with Gasteiger partial charge in [0.1, 0.15) is 0 Å². The molecule has 3 rings (SSSR count). The number of unbranched alkanes of at least 4 members (excludes halogenated alkanes) is 2. The fourth-order valence-corrected chi connectivity index (χ4v) is 5.72. The van der Waals surface area contributed by atoms with Crippen LogP contribution >= 0.6 is 11.3 Å². The van der Waals surface area contributed by atoms with Crippen LogP contribution in [-0.4, -0.2) is 36.7 Å². The number of aryl methyl sites for hydroxylation is 1. The fourth-order valence-electron chi connectivity index (χ4n) is 3.49. The first kappa shape index (κ1) is 26.1. The molecule has 0 aliphatic carbocycles. The van der Waals surface area contributed by atoms with Crippen molar-refractivity contribution in [2.45, 2.75) is 57.8 Å². The summed E-state index contributed by atoms with van der Waals surface area (Å²) in [4.78, 5) is 17.5. The van der Waals surface area contributed by atoms with Crippen molar-refractivity contribution in [1.82, 2.24) is 9.29 Å². The maximum atomic E-state index is 13.1. The number of aromatic nitrogens is 1. The van der Waals surface area contributed by atoms with Crippen LogP contribution in [0, 0.1) is 0 Å². The van der Waals surface area contributed by atoms with Crippen LogP contribution in [0.3, 0.4) is 0 Å². The second-order valence-corrected chi connectivity index (χ2v) is 11.0. The van der Waals surface area contributed by atoms with Gasteiger partial charge in [-0.3, -0.25) is 10.1 Å². The van der Waals surface area contributed by atoms with Gasteiger partial charge in [-0.25, -0.2) is 13.4 Å². The molecule has 2 aromatic carbocycles. The zero-order valence-electron chi connectivity index (χ0n) is 20.1. The van der Waals surface area contributed by atoms with Crippen LogP contribution in [0.5, 0.6) is 0 Å². The third-order valence-electron chi connectivity index (χ3n) is 5.66. The Bertz CT molecular complexity index is 1160. The lowest BCUT2D eigenvalue weighted by Crippen LogP contribution is -2.33. The molecule has 0 saturated carbocycles. The highest BCUT2D eigenvalue weighted by atomic mass is 32.2. The number of carbonyl (C=O) groups is 1. The normalized spacial score (nSPS) is 11.6. The predicted octanol–water partition coefficient (Wildman–Crippen LogP) is 6.22. The first-order chi connectivity index (χ1) is 16.4. The van der Waals surface area contributed by atoms with E-state index in [0.29, 0.717) is 23.8 Å². The molecule has 0 unspecified atom stereocenters. The number of rotatable bonds is 12. The lowest BCUT2D eigenvalue weighted by Gasteiger charge is -2.22. The molecule has 182 valence electrons. The van der Waals surface area contributed by atoms with E-state index >= 15 is 0 Å². The quantitative estimate of drug-likeness (QED) is 0.321. The van der Waals surface area contributed by atoms with Gasteiger partial charge in [-0.15, -0.1) is 11.3 Å². The molecule has 0 spiro atoms. The van der Waals surface area contributed by atoms with E-state index in [1.807, 2.05) is 31.4 Å². The molecule has 34 heavy (non-hydrogen) atoms. The minimum absolute atomic E-state index is 0.211. The van der Waals surface area contributed by atoms with Gasteiger partial charge < -0.3 is 0 Å². The van der Waals surface area contributed by atoms with Crippen molar-refractivity contribution in [3.63, 3.8) is 0 Å². The molecule has 6 nitrogen and oxygen atoms in total. The summed E-state index contributed by atoms with van der Waals surface area (Å²) in [6.07, 6.45) is 4.48. The van der Waals surface area contributed by atoms with E-state index < -0.39 is 10.0 Å². The molecule has 0 atom stereocenters. The van der Waals surface area contributed by atoms with Gasteiger partial charge >= 0.3 is 0 Å². The molecule has 3 aromatic rings. The molecule has 0 radical (unpaired) electrons. The van der Waals surface area contributed by atoms with Gasteiger partial charge in [0.05, 0.1) is 10.6 Å². The molecule has 1 heterocycles. The van der Waals surface area contributed by atoms with Crippen molar-refractivity contribution in [2.75, 3.05) is 18.4 Å². The zero-order valence-corrected chi connectivity index (χ0v) is 21.7. The monoisotopic (exact) mass is 499 g/mol. The van der Waals surface area contributed by atoms with Gasteiger partial charge in [-0.1, -0.05) is 57.9 Å². The van der Waals surface area contributed by atoms with Crippen LogP contribution in [0.25, 0.3) is 11.3 Å². The Kier molecular flexibility index (Phi) is 9.38. The maximum absolute atomic E-state index is 13.1. The highest BCUT2D eigenvalue weighted by Gasteiger charge is 2.24. The number of hydrogen-bond acceptors (Lipinski definition) is 5. The molecule has 0 aliphatic rings. The molecule has 0 bridgehead atoms. The molecule has 0 aliphatic heterocycles. The summed E-state index contributed by atoms with van der Waals surface area (Å²) in [5.74, 6) is -0.319. The minimum atomic E-state index is -3.59. The van der Waals surface area contributed by atoms with Crippen LogP contribution in [-0.2, 0) is 16.4 Å². The van der Waals surface area contributed by atoms with Crippen molar-refractivity contribution in [3.8, 4) is 11.3 Å². The summed E-state index contributed by atoms with van der Waals surface area (Å²) in [6, 6.07) is 14.3. The van der Waals surface area contributed by atoms with Crippen molar-refractivity contribution >= 4 is 32.4 Å². The zero-order chi connectivity index (χ0) is 24.6. The summed E-state index contributed by atoms with van der Waals surface area (Å²) in [7, 11) is -3.59. The average Bonchev–Trinajstić information content (AvgIpc) is 3.32. The van der Waals surface area contributed by atoms with Crippen LogP contribution in [0.1, 0.15) is 62.4 Å². The summed E-state index contributed by atoms with van der Waals surface area (Å²) >= 11 is 1.36. The number of sulfonamides is 1. The van der Waals surface area contributed by atoms with Gasteiger partial charge in [0, 0.05) is 29.6 Å². The van der Waals surface area contributed by atoms with Crippen molar-refractivity contribution in [3.05, 3.63) is 65.0 Å². The highest BCUT2D eigenvalue weighted by Crippen LogP contribution is 2.26. The number of amides is 1. The Labute approximate surface area is 207 Å². The first-order valence-corrected chi connectivity index (χ1v) is 14.2. The SMILES string of the molecule is CCCCN(CCCC)S(=O)(=O)c1ccc(C(=O)Nc2nc(-c3ccc(CC)cc3)cs2)cc1. The number of benzene rings is 2. The molecule has 0 fully saturated rings. The third kappa shape index (κ3) is 6.52. The number of thiazole rings is 1. The molecule has 1 aromatic heterocycles. The smallest absolute Gasteiger partial charge is 0.257 e. The van der Waals surface area contributed by atoms with Crippen LogP contribution in [0.2, 0.25) is 0 Å². The maximum Gasteiger partial charge on any atom is 0.257 e. The van der Waals surface area contributed by atoms with Gasteiger partial charge in [0.2, 0.25) is 10.0 Å². The highest BCUT2D eigenvalue weighted by molar-refractivity contribution is 7.89. The summed E-state index contributed by atoms with van der Waals surface area (Å²) in [5, 5.41) is 5.23. The van der Waals surface area contributed by atoms with Gasteiger partial charge in [0.15, 0.2) is 5.13 Å². The second kappa shape index (κ2) is 12.2. The first-order valence-electron chi connectivity index (χ1n) is 11.8. The third-order valence-corrected chi connectivity index (χ3v) is 8.33. The van der Waals surface area contributed by atoms with Crippen molar-refractivity contribution < 1.29 is 13.2 Å². The summed E-state index contributed by atoms with van der Waals surface area (Å²) in [6.45, 7) is 7.22. The Morgan fingerprint density at radius 1 is 0.941 bits per heavy atom. The standard InChI is InChI=1S/C26H33N3O3S2/c1-4-7-17-29(18-8-5-2)34(31,32)23-15-13-22(14-16-23)25(30)28-26-27-24(19-33-26)21-11-9-20(6-3)10-12-21/h9-16,19H,4-8,17-18H2,1-3H3,(H,27,28,30). The summed E-state index contributed by atoms with van der Waals surface area (Å²) in [5.41, 5.74) is 3.45. The predicted molar refractivity (Wildman–Crippen MR) is 140 cm³/mol. The Balaban J connectivity index is 1.69. The van der Waals surface area contributed by atoms with E-state index in [0.717, 1.165) is 43.4 Å². The topological polar surface area (TPSA) is 79.4 Å².